The molecule has 4 aromatic heterocycles. The monoisotopic (exact) mass is 613 g/mol. The third-order valence-corrected chi connectivity index (χ3v) is 7.82. The highest BCUT2D eigenvalue weighted by Gasteiger charge is 2.35. The Kier molecular flexibility index (Phi) is 6.96. The van der Waals surface area contributed by atoms with Gasteiger partial charge in [-0.15, -0.1) is 11.3 Å². The number of benzene rings is 1. The molecule has 0 unspecified atom stereocenters. The van der Waals surface area contributed by atoms with E-state index in [2.05, 4.69) is 15.4 Å². The van der Waals surface area contributed by atoms with Gasteiger partial charge in [0.25, 0.3) is 11.8 Å². The first kappa shape index (κ1) is 28.1. The smallest absolute Gasteiger partial charge is 0.433 e. The first-order valence-electron chi connectivity index (χ1n) is 12.8. The molecule has 2 amide bonds. The van der Waals surface area contributed by atoms with Gasteiger partial charge >= 0.3 is 6.18 Å². The van der Waals surface area contributed by atoms with Crippen LogP contribution < -0.4 is 25.3 Å². The summed E-state index contributed by atoms with van der Waals surface area (Å²) >= 11 is 0.649. The van der Waals surface area contributed by atoms with E-state index in [0.717, 1.165) is 6.07 Å². The van der Waals surface area contributed by atoms with Gasteiger partial charge in [0.05, 0.1) is 11.9 Å². The quantitative estimate of drug-likeness (QED) is 0.225. The number of rotatable bonds is 8. The zero-order chi connectivity index (χ0) is 30.5. The first-order chi connectivity index (χ1) is 20.5. The van der Waals surface area contributed by atoms with Gasteiger partial charge in [0.15, 0.2) is 17.3 Å². The minimum atomic E-state index is -4.77. The Hall–Kier alpha value is -5.05. The maximum absolute atomic E-state index is 13.8. The number of carbonyl (C=O) groups excluding carboxylic acids is 2. The SMILES string of the molecule is CCn1ncc(-c2cc(C(F)(F)F)nc3sc(C(N)=O)c(NC(=O)c4ccc(COc5ccc6c(c5)OCO6)o4)c23)c1C. The van der Waals surface area contributed by atoms with Crippen molar-refractivity contribution in [1.29, 1.82) is 0 Å². The number of aryl methyl sites for hydroxylation is 1. The van der Waals surface area contributed by atoms with Gasteiger partial charge in [-0.3, -0.25) is 14.3 Å². The average Bonchev–Trinajstić information content (AvgIpc) is 3.76. The van der Waals surface area contributed by atoms with Gasteiger partial charge in [0.2, 0.25) is 6.79 Å². The summed E-state index contributed by atoms with van der Waals surface area (Å²) in [6.45, 7) is 4.13. The van der Waals surface area contributed by atoms with Crippen molar-refractivity contribution in [1.82, 2.24) is 14.8 Å². The van der Waals surface area contributed by atoms with E-state index in [1.165, 1.54) is 18.3 Å². The van der Waals surface area contributed by atoms with Crippen molar-refractivity contribution in [3.8, 4) is 28.4 Å². The number of hydrogen-bond acceptors (Lipinski definition) is 9. The highest BCUT2D eigenvalue weighted by atomic mass is 32.1. The van der Waals surface area contributed by atoms with E-state index in [1.54, 1.807) is 29.8 Å². The summed E-state index contributed by atoms with van der Waals surface area (Å²) in [7, 11) is 0. The van der Waals surface area contributed by atoms with Gasteiger partial charge in [-0.1, -0.05) is 0 Å². The van der Waals surface area contributed by atoms with Gasteiger partial charge in [0, 0.05) is 29.3 Å². The number of amides is 2. The third kappa shape index (κ3) is 5.22. The number of halogens is 3. The number of aromatic nitrogens is 3. The Labute approximate surface area is 245 Å². The predicted molar refractivity (Wildman–Crippen MR) is 148 cm³/mol. The Morgan fingerprint density at radius 2 is 1.93 bits per heavy atom. The predicted octanol–water partition coefficient (Wildman–Crippen LogP) is 5.76. The van der Waals surface area contributed by atoms with Crippen molar-refractivity contribution in [2.45, 2.75) is 33.2 Å². The summed E-state index contributed by atoms with van der Waals surface area (Å²) in [5, 5.41) is 6.98. The number of ether oxygens (including phenoxy) is 3. The number of hydrogen-bond donors (Lipinski definition) is 2. The fourth-order valence-corrected chi connectivity index (χ4v) is 5.66. The van der Waals surface area contributed by atoms with Crippen LogP contribution in [0.2, 0.25) is 0 Å². The molecule has 43 heavy (non-hydrogen) atoms. The molecule has 6 rings (SSSR count). The lowest BCUT2D eigenvalue weighted by Gasteiger charge is -2.12. The summed E-state index contributed by atoms with van der Waals surface area (Å²) in [5.74, 6) is 0.104. The standard InChI is InChI=1S/C28H22F3N5O6S/c1-3-36-13(2)17(10-33-36)16-9-21(28(29,30)31)34-27-22(16)23(24(43-27)25(32)37)35-26(38)19-7-5-15(42-19)11-39-14-4-6-18-20(8-14)41-12-40-18/h4-10H,3,11-12H2,1-2H3,(H2,32,37)(H,35,38). The highest BCUT2D eigenvalue weighted by Crippen LogP contribution is 2.44. The summed E-state index contributed by atoms with van der Waals surface area (Å²) in [6, 6.07) is 8.87. The molecule has 5 aromatic rings. The van der Waals surface area contributed by atoms with Gasteiger partial charge in [0.1, 0.15) is 33.5 Å². The van der Waals surface area contributed by atoms with Crippen LogP contribution in [0.4, 0.5) is 18.9 Å². The molecule has 1 aliphatic rings. The number of thiophene rings is 1. The van der Waals surface area contributed by atoms with E-state index in [-0.39, 0.29) is 45.5 Å². The number of nitrogens with zero attached hydrogens (tertiary/aromatic N) is 3. The van der Waals surface area contributed by atoms with Gasteiger partial charge in [-0.25, -0.2) is 4.98 Å². The second-order valence-corrected chi connectivity index (χ2v) is 10.4. The lowest BCUT2D eigenvalue weighted by Crippen LogP contribution is -2.16. The van der Waals surface area contributed by atoms with Crippen molar-refractivity contribution in [2.24, 2.45) is 5.73 Å². The minimum absolute atomic E-state index is 0.0180. The molecule has 222 valence electrons. The summed E-state index contributed by atoms with van der Waals surface area (Å²) in [6.07, 6.45) is -3.34. The number of furan rings is 1. The molecule has 0 saturated carbocycles. The number of primary amides is 1. The molecule has 0 radical (unpaired) electrons. The fourth-order valence-electron chi connectivity index (χ4n) is 4.65. The first-order valence-corrected chi connectivity index (χ1v) is 13.6. The van der Waals surface area contributed by atoms with E-state index in [9.17, 15) is 22.8 Å². The second-order valence-electron chi connectivity index (χ2n) is 9.39. The molecule has 0 spiro atoms. The van der Waals surface area contributed by atoms with Gasteiger partial charge in [-0.05, 0) is 49.7 Å². The molecule has 1 aliphatic heterocycles. The Morgan fingerprint density at radius 1 is 1.14 bits per heavy atom. The van der Waals surface area contributed by atoms with Crippen molar-refractivity contribution < 1.29 is 41.4 Å². The van der Waals surface area contributed by atoms with Crippen molar-refractivity contribution in [3.05, 3.63) is 70.4 Å². The van der Waals surface area contributed by atoms with E-state index in [4.69, 9.17) is 24.4 Å². The summed E-state index contributed by atoms with van der Waals surface area (Å²) in [4.78, 5) is 29.2. The van der Waals surface area contributed by atoms with Gasteiger partial charge in [-0.2, -0.15) is 18.3 Å². The molecule has 5 heterocycles. The lowest BCUT2D eigenvalue weighted by molar-refractivity contribution is -0.140. The maximum atomic E-state index is 13.8. The molecular weight excluding hydrogens is 591 g/mol. The van der Waals surface area contributed by atoms with Gasteiger partial charge < -0.3 is 29.7 Å². The lowest BCUT2D eigenvalue weighted by atomic mass is 10.0. The average molecular weight is 614 g/mol. The van der Waals surface area contributed by atoms with Crippen LogP contribution in [0.1, 0.15) is 44.3 Å². The van der Waals surface area contributed by atoms with E-state index < -0.39 is 23.7 Å². The topological polar surface area (TPSA) is 144 Å². The zero-order valence-corrected chi connectivity index (χ0v) is 23.4. The van der Waals surface area contributed by atoms with Crippen LogP contribution in [0.15, 0.2) is 47.0 Å². The van der Waals surface area contributed by atoms with E-state index >= 15 is 0 Å². The molecular formula is C28H22F3N5O6S. The molecule has 0 saturated heterocycles. The number of fused-ring (bicyclic) bond motifs is 2. The Balaban J connectivity index is 1.34. The van der Waals surface area contributed by atoms with Crippen molar-refractivity contribution in [2.75, 3.05) is 12.1 Å². The largest absolute Gasteiger partial charge is 0.486 e. The van der Waals surface area contributed by atoms with Crippen LogP contribution in [-0.2, 0) is 19.3 Å². The van der Waals surface area contributed by atoms with Crippen LogP contribution >= 0.6 is 11.3 Å². The fraction of sp³-hybridized carbons (Fsp3) is 0.214. The number of nitrogens with two attached hydrogens (primary N) is 1. The molecule has 11 nitrogen and oxygen atoms in total. The zero-order valence-electron chi connectivity index (χ0n) is 22.6. The maximum Gasteiger partial charge on any atom is 0.433 e. The minimum Gasteiger partial charge on any atom is -0.486 e. The Morgan fingerprint density at radius 3 is 2.65 bits per heavy atom. The van der Waals surface area contributed by atoms with Crippen molar-refractivity contribution in [3.63, 3.8) is 0 Å². The van der Waals surface area contributed by atoms with E-state index in [0.29, 0.717) is 52.1 Å². The number of alkyl halides is 3. The van der Waals surface area contributed by atoms with E-state index in [1.807, 2.05) is 6.92 Å². The van der Waals surface area contributed by atoms with Crippen LogP contribution in [0.25, 0.3) is 21.3 Å². The Bertz CT molecular complexity index is 1890. The number of carbonyl (C=O) groups is 2. The molecule has 15 heteroatoms. The second kappa shape index (κ2) is 10.7. The third-order valence-electron chi connectivity index (χ3n) is 6.72. The number of anilines is 1. The van der Waals surface area contributed by atoms with Crippen LogP contribution in [0.3, 0.4) is 0 Å². The van der Waals surface area contributed by atoms with Crippen LogP contribution in [0.5, 0.6) is 17.2 Å². The highest BCUT2D eigenvalue weighted by molar-refractivity contribution is 7.21. The summed E-state index contributed by atoms with van der Waals surface area (Å²) in [5.41, 5.74) is 5.41. The van der Waals surface area contributed by atoms with Crippen LogP contribution in [0, 0.1) is 6.92 Å². The molecule has 3 N–H and O–H groups in total. The number of pyridine rings is 1. The number of nitrogens with one attached hydrogen (secondary N) is 1. The summed E-state index contributed by atoms with van der Waals surface area (Å²) < 4.78 is 65.1. The molecule has 0 atom stereocenters. The molecule has 0 aliphatic carbocycles. The normalized spacial score (nSPS) is 12.6. The molecule has 0 bridgehead atoms. The molecule has 0 fully saturated rings. The van der Waals surface area contributed by atoms with Crippen molar-refractivity contribution >= 4 is 39.1 Å². The molecule has 1 aromatic carbocycles. The van der Waals surface area contributed by atoms with Crippen LogP contribution in [-0.4, -0.2) is 33.4 Å².